The predicted octanol–water partition coefficient (Wildman–Crippen LogP) is 0.816. The molecular formula is C12H16N2O3S. The van der Waals surface area contributed by atoms with Crippen molar-refractivity contribution in [2.24, 2.45) is 11.1 Å². The summed E-state index contributed by atoms with van der Waals surface area (Å²) in [5, 5.41) is 5.00. The van der Waals surface area contributed by atoms with Crippen LogP contribution in [0.4, 0.5) is 0 Å². The molecule has 1 aliphatic rings. The largest absolute Gasteiger partial charge is 0.338 e. The Bertz CT molecular complexity index is 551. The highest BCUT2D eigenvalue weighted by Gasteiger charge is 2.24. The zero-order chi connectivity index (χ0) is 13.3. The van der Waals surface area contributed by atoms with E-state index in [2.05, 4.69) is 6.92 Å². The van der Waals surface area contributed by atoms with E-state index in [1.807, 2.05) is 0 Å². The van der Waals surface area contributed by atoms with E-state index in [4.69, 9.17) is 5.14 Å². The van der Waals surface area contributed by atoms with E-state index in [0.29, 0.717) is 11.5 Å². The van der Waals surface area contributed by atoms with E-state index >= 15 is 0 Å². The molecule has 1 aromatic carbocycles. The number of sulfonamides is 1. The standard InChI is InChI=1S/C12H16N2O3S/c1-9-6-7-14(8-9)12(15)10-2-4-11(5-3-10)18(13,16)17/h2-5,9H,6-8H2,1H3,(H2,13,16,17). The third-order valence-corrected chi connectivity index (χ3v) is 4.07. The molecule has 0 aromatic heterocycles. The highest BCUT2D eigenvalue weighted by atomic mass is 32.2. The second-order valence-corrected chi connectivity index (χ2v) is 6.28. The summed E-state index contributed by atoms with van der Waals surface area (Å²) in [6.45, 7) is 3.63. The minimum absolute atomic E-state index is 0.0221. The lowest BCUT2D eigenvalue weighted by Gasteiger charge is -2.15. The van der Waals surface area contributed by atoms with E-state index in [9.17, 15) is 13.2 Å². The lowest BCUT2D eigenvalue weighted by atomic mass is 10.2. The molecular weight excluding hydrogens is 252 g/mol. The minimum Gasteiger partial charge on any atom is -0.338 e. The van der Waals surface area contributed by atoms with Crippen molar-refractivity contribution in [1.82, 2.24) is 4.90 Å². The molecule has 5 nitrogen and oxygen atoms in total. The summed E-state index contributed by atoms with van der Waals surface area (Å²) in [4.78, 5) is 13.9. The second kappa shape index (κ2) is 4.70. The first kappa shape index (κ1) is 13.0. The van der Waals surface area contributed by atoms with Gasteiger partial charge in [-0.3, -0.25) is 4.79 Å². The highest BCUT2D eigenvalue weighted by molar-refractivity contribution is 7.89. The van der Waals surface area contributed by atoms with Crippen molar-refractivity contribution in [2.75, 3.05) is 13.1 Å². The van der Waals surface area contributed by atoms with Crippen molar-refractivity contribution < 1.29 is 13.2 Å². The maximum absolute atomic E-state index is 12.1. The molecule has 0 radical (unpaired) electrons. The molecule has 0 saturated carbocycles. The smallest absolute Gasteiger partial charge is 0.253 e. The van der Waals surface area contributed by atoms with Crippen LogP contribution < -0.4 is 5.14 Å². The summed E-state index contributed by atoms with van der Waals surface area (Å²) in [6.07, 6.45) is 1.01. The van der Waals surface area contributed by atoms with Gasteiger partial charge in [0.2, 0.25) is 10.0 Å². The molecule has 1 heterocycles. The SMILES string of the molecule is CC1CCN(C(=O)c2ccc(S(N)(=O)=O)cc2)C1. The Morgan fingerprint density at radius 1 is 1.33 bits per heavy atom. The van der Waals surface area contributed by atoms with Crippen LogP contribution in [0.25, 0.3) is 0 Å². The fraction of sp³-hybridized carbons (Fsp3) is 0.417. The Kier molecular flexibility index (Phi) is 3.41. The van der Waals surface area contributed by atoms with Gasteiger partial charge in [0.15, 0.2) is 0 Å². The normalized spacial score (nSPS) is 20.1. The second-order valence-electron chi connectivity index (χ2n) is 4.71. The zero-order valence-corrected chi connectivity index (χ0v) is 11.0. The third-order valence-electron chi connectivity index (χ3n) is 3.14. The van der Waals surface area contributed by atoms with Crippen LogP contribution in [-0.2, 0) is 10.0 Å². The van der Waals surface area contributed by atoms with Crippen molar-refractivity contribution in [1.29, 1.82) is 0 Å². The highest BCUT2D eigenvalue weighted by Crippen LogP contribution is 2.18. The Morgan fingerprint density at radius 3 is 2.39 bits per heavy atom. The summed E-state index contributed by atoms with van der Waals surface area (Å²) < 4.78 is 22.2. The number of nitrogens with two attached hydrogens (primary N) is 1. The molecule has 1 unspecified atom stereocenters. The van der Waals surface area contributed by atoms with E-state index in [1.165, 1.54) is 24.3 Å². The topological polar surface area (TPSA) is 80.5 Å². The van der Waals surface area contributed by atoms with Crippen molar-refractivity contribution in [3.63, 3.8) is 0 Å². The molecule has 1 amide bonds. The Balaban J connectivity index is 2.17. The van der Waals surface area contributed by atoms with Gasteiger partial charge < -0.3 is 4.90 Å². The van der Waals surface area contributed by atoms with Gasteiger partial charge in [0.25, 0.3) is 5.91 Å². The molecule has 0 bridgehead atoms. The Morgan fingerprint density at radius 2 is 1.94 bits per heavy atom. The van der Waals surface area contributed by atoms with E-state index in [-0.39, 0.29) is 10.8 Å². The maximum Gasteiger partial charge on any atom is 0.253 e. The molecule has 1 aromatic rings. The van der Waals surface area contributed by atoms with Gasteiger partial charge in [-0.1, -0.05) is 6.92 Å². The van der Waals surface area contributed by atoms with Crippen LogP contribution in [0.5, 0.6) is 0 Å². The van der Waals surface area contributed by atoms with Crippen LogP contribution in [0, 0.1) is 5.92 Å². The fourth-order valence-electron chi connectivity index (χ4n) is 2.09. The maximum atomic E-state index is 12.1. The predicted molar refractivity (Wildman–Crippen MR) is 67.5 cm³/mol. The molecule has 2 rings (SSSR count). The van der Waals surface area contributed by atoms with Gasteiger partial charge >= 0.3 is 0 Å². The van der Waals surface area contributed by atoms with Gasteiger partial charge in [-0.15, -0.1) is 0 Å². The quantitative estimate of drug-likeness (QED) is 0.862. The molecule has 0 aliphatic carbocycles. The van der Waals surface area contributed by atoms with E-state index in [0.717, 1.165) is 19.5 Å². The lowest BCUT2D eigenvalue weighted by molar-refractivity contribution is 0.0788. The van der Waals surface area contributed by atoms with Gasteiger partial charge in [0, 0.05) is 18.7 Å². The van der Waals surface area contributed by atoms with Crippen LogP contribution in [0.2, 0.25) is 0 Å². The number of benzene rings is 1. The van der Waals surface area contributed by atoms with Crippen LogP contribution in [-0.4, -0.2) is 32.3 Å². The fourth-order valence-corrected chi connectivity index (χ4v) is 2.60. The molecule has 1 fully saturated rings. The third kappa shape index (κ3) is 2.70. The Hall–Kier alpha value is -1.40. The number of primary sulfonamides is 1. The molecule has 2 N–H and O–H groups in total. The first-order valence-electron chi connectivity index (χ1n) is 5.80. The van der Waals surface area contributed by atoms with Crippen LogP contribution >= 0.6 is 0 Å². The van der Waals surface area contributed by atoms with Crippen molar-refractivity contribution in [3.8, 4) is 0 Å². The monoisotopic (exact) mass is 268 g/mol. The molecule has 1 atom stereocenters. The Labute approximate surface area is 107 Å². The summed E-state index contributed by atoms with van der Waals surface area (Å²) in [5.41, 5.74) is 0.497. The van der Waals surface area contributed by atoms with Gasteiger partial charge in [0.1, 0.15) is 0 Å². The lowest BCUT2D eigenvalue weighted by Crippen LogP contribution is -2.28. The molecule has 98 valence electrons. The van der Waals surface area contributed by atoms with Gasteiger partial charge in [0.05, 0.1) is 4.90 Å². The van der Waals surface area contributed by atoms with Crippen molar-refractivity contribution in [3.05, 3.63) is 29.8 Å². The first-order valence-corrected chi connectivity index (χ1v) is 7.34. The van der Waals surface area contributed by atoms with Crippen LogP contribution in [0.3, 0.4) is 0 Å². The summed E-state index contributed by atoms with van der Waals surface area (Å²) >= 11 is 0. The average Bonchev–Trinajstić information content (AvgIpc) is 2.74. The molecule has 18 heavy (non-hydrogen) atoms. The number of hydrogen-bond donors (Lipinski definition) is 1. The van der Waals surface area contributed by atoms with Gasteiger partial charge in [-0.2, -0.15) is 0 Å². The van der Waals surface area contributed by atoms with Gasteiger partial charge in [-0.05, 0) is 36.6 Å². The first-order chi connectivity index (χ1) is 8.38. The zero-order valence-electron chi connectivity index (χ0n) is 10.2. The number of rotatable bonds is 2. The average molecular weight is 268 g/mol. The molecule has 6 heteroatoms. The van der Waals surface area contributed by atoms with Gasteiger partial charge in [-0.25, -0.2) is 13.6 Å². The minimum atomic E-state index is -3.70. The molecule has 1 saturated heterocycles. The van der Waals surface area contributed by atoms with Crippen molar-refractivity contribution in [2.45, 2.75) is 18.2 Å². The van der Waals surface area contributed by atoms with Crippen LogP contribution in [0.15, 0.2) is 29.2 Å². The summed E-state index contributed by atoms with van der Waals surface area (Å²) in [7, 11) is -3.70. The molecule has 0 spiro atoms. The van der Waals surface area contributed by atoms with Crippen LogP contribution in [0.1, 0.15) is 23.7 Å². The number of carbonyl (C=O) groups is 1. The summed E-state index contributed by atoms with van der Waals surface area (Å²) in [5.74, 6) is 0.470. The number of nitrogens with zero attached hydrogens (tertiary/aromatic N) is 1. The number of amides is 1. The number of likely N-dealkylation sites (tertiary alicyclic amines) is 1. The van der Waals surface area contributed by atoms with E-state index in [1.54, 1.807) is 4.90 Å². The number of carbonyl (C=O) groups excluding carboxylic acids is 1. The number of hydrogen-bond acceptors (Lipinski definition) is 3. The van der Waals surface area contributed by atoms with Crippen molar-refractivity contribution >= 4 is 15.9 Å². The summed E-state index contributed by atoms with van der Waals surface area (Å²) in [6, 6.07) is 5.74. The molecule has 1 aliphatic heterocycles. The van der Waals surface area contributed by atoms with E-state index < -0.39 is 10.0 Å².